The molecule has 0 bridgehead atoms. The SMILES string of the molecule is COc1ccc(Oc2ccc(C#N)c(C(F)(F)F)c2)c(C(C)=O)c1. The summed E-state index contributed by atoms with van der Waals surface area (Å²) in [6.07, 6.45) is -4.69. The molecule has 0 fully saturated rings. The van der Waals surface area contributed by atoms with E-state index in [1.54, 1.807) is 0 Å². The summed E-state index contributed by atoms with van der Waals surface area (Å²) in [6, 6.07) is 8.87. The Kier molecular flexibility index (Phi) is 4.79. The highest BCUT2D eigenvalue weighted by Gasteiger charge is 2.34. The Morgan fingerprint density at radius 1 is 1.12 bits per heavy atom. The van der Waals surface area contributed by atoms with Crippen molar-refractivity contribution in [3.8, 4) is 23.3 Å². The van der Waals surface area contributed by atoms with Gasteiger partial charge < -0.3 is 9.47 Å². The van der Waals surface area contributed by atoms with Crippen molar-refractivity contribution >= 4 is 5.78 Å². The quantitative estimate of drug-likeness (QED) is 0.767. The standard InChI is InChI=1S/C17H12F3NO3/c1-10(22)14-7-12(23-2)5-6-16(14)24-13-4-3-11(9-21)15(8-13)17(18,19)20/h3-8H,1-2H3. The van der Waals surface area contributed by atoms with Crippen LogP contribution in [0.5, 0.6) is 17.2 Å². The first kappa shape index (κ1) is 17.3. The molecular formula is C17H12F3NO3. The Labute approximate surface area is 136 Å². The van der Waals surface area contributed by atoms with Gasteiger partial charge in [-0.2, -0.15) is 18.4 Å². The van der Waals surface area contributed by atoms with Crippen molar-refractivity contribution in [2.75, 3.05) is 7.11 Å². The molecule has 124 valence electrons. The van der Waals surface area contributed by atoms with Crippen LogP contribution in [0.2, 0.25) is 0 Å². The second-order valence-electron chi connectivity index (χ2n) is 4.84. The zero-order valence-corrected chi connectivity index (χ0v) is 12.8. The molecule has 0 aliphatic carbocycles. The summed E-state index contributed by atoms with van der Waals surface area (Å²) in [5, 5.41) is 8.79. The molecule has 0 aromatic heterocycles. The van der Waals surface area contributed by atoms with Crippen LogP contribution in [0.15, 0.2) is 36.4 Å². The van der Waals surface area contributed by atoms with Crippen molar-refractivity contribution in [1.82, 2.24) is 0 Å². The Morgan fingerprint density at radius 3 is 2.33 bits per heavy atom. The number of nitrogens with zero attached hydrogens (tertiary/aromatic N) is 1. The van der Waals surface area contributed by atoms with E-state index in [-0.39, 0.29) is 22.8 Å². The van der Waals surface area contributed by atoms with Crippen LogP contribution in [0.1, 0.15) is 28.4 Å². The largest absolute Gasteiger partial charge is 0.497 e. The number of benzene rings is 2. The average Bonchev–Trinajstić information content (AvgIpc) is 2.54. The fourth-order valence-corrected chi connectivity index (χ4v) is 2.05. The van der Waals surface area contributed by atoms with Gasteiger partial charge in [-0.15, -0.1) is 0 Å². The molecule has 0 saturated heterocycles. The number of hydrogen-bond acceptors (Lipinski definition) is 4. The van der Waals surface area contributed by atoms with Crippen LogP contribution in [-0.4, -0.2) is 12.9 Å². The molecule has 0 N–H and O–H groups in total. The van der Waals surface area contributed by atoms with Gasteiger partial charge >= 0.3 is 6.18 Å². The summed E-state index contributed by atoms with van der Waals surface area (Å²) in [4.78, 5) is 11.7. The summed E-state index contributed by atoms with van der Waals surface area (Å²) >= 11 is 0. The van der Waals surface area contributed by atoms with Gasteiger partial charge in [0.25, 0.3) is 0 Å². The number of alkyl halides is 3. The van der Waals surface area contributed by atoms with E-state index in [0.717, 1.165) is 12.1 Å². The van der Waals surface area contributed by atoms with Crippen molar-refractivity contribution in [3.63, 3.8) is 0 Å². The van der Waals surface area contributed by atoms with Gasteiger partial charge in [0, 0.05) is 0 Å². The van der Waals surface area contributed by atoms with Crippen LogP contribution in [0.4, 0.5) is 13.2 Å². The van der Waals surface area contributed by atoms with Gasteiger partial charge in [0.1, 0.15) is 17.2 Å². The molecule has 0 aliphatic rings. The molecular weight excluding hydrogens is 323 g/mol. The van der Waals surface area contributed by atoms with Gasteiger partial charge in [0.2, 0.25) is 0 Å². The molecule has 4 nitrogen and oxygen atoms in total. The predicted octanol–water partition coefficient (Wildman–Crippen LogP) is 4.58. The first-order chi connectivity index (χ1) is 11.3. The molecule has 0 aliphatic heterocycles. The minimum absolute atomic E-state index is 0.0983. The van der Waals surface area contributed by atoms with Gasteiger partial charge in [0.05, 0.1) is 29.9 Å². The highest BCUT2D eigenvalue weighted by Crippen LogP contribution is 2.36. The van der Waals surface area contributed by atoms with Crippen molar-refractivity contribution in [3.05, 3.63) is 53.1 Å². The molecule has 2 rings (SSSR count). The second-order valence-corrected chi connectivity index (χ2v) is 4.84. The molecule has 0 unspecified atom stereocenters. The number of ether oxygens (including phenoxy) is 2. The maximum Gasteiger partial charge on any atom is 0.417 e. The first-order valence-electron chi connectivity index (χ1n) is 6.74. The van der Waals surface area contributed by atoms with Crippen LogP contribution in [0.3, 0.4) is 0 Å². The summed E-state index contributed by atoms with van der Waals surface area (Å²) in [6.45, 7) is 1.31. The maximum absolute atomic E-state index is 13.0. The van der Waals surface area contributed by atoms with Crippen molar-refractivity contribution in [1.29, 1.82) is 5.26 Å². The predicted molar refractivity (Wildman–Crippen MR) is 79.2 cm³/mol. The number of ketones is 1. The minimum Gasteiger partial charge on any atom is -0.497 e. The summed E-state index contributed by atoms with van der Waals surface area (Å²) < 4.78 is 49.4. The van der Waals surface area contributed by atoms with E-state index in [1.165, 1.54) is 44.4 Å². The zero-order valence-electron chi connectivity index (χ0n) is 12.8. The van der Waals surface area contributed by atoms with Gasteiger partial charge in [-0.05, 0) is 43.3 Å². The number of carbonyl (C=O) groups excluding carboxylic acids is 1. The normalized spacial score (nSPS) is 10.8. The zero-order chi connectivity index (χ0) is 17.9. The Balaban J connectivity index is 2.46. The molecule has 0 spiro atoms. The Bertz CT molecular complexity index is 823. The lowest BCUT2D eigenvalue weighted by molar-refractivity contribution is -0.137. The second kappa shape index (κ2) is 6.62. The van der Waals surface area contributed by atoms with Crippen molar-refractivity contribution in [2.45, 2.75) is 13.1 Å². The molecule has 0 radical (unpaired) electrons. The number of carbonyl (C=O) groups is 1. The Hall–Kier alpha value is -3.01. The average molecular weight is 335 g/mol. The smallest absolute Gasteiger partial charge is 0.417 e. The third-order valence-electron chi connectivity index (χ3n) is 3.21. The first-order valence-corrected chi connectivity index (χ1v) is 6.74. The van der Waals surface area contributed by atoms with Gasteiger partial charge in [0.15, 0.2) is 5.78 Å². The van der Waals surface area contributed by atoms with Crippen LogP contribution < -0.4 is 9.47 Å². The third kappa shape index (κ3) is 3.66. The molecule has 24 heavy (non-hydrogen) atoms. The number of hydrogen-bond donors (Lipinski definition) is 0. The highest BCUT2D eigenvalue weighted by molar-refractivity contribution is 5.97. The molecule has 2 aromatic carbocycles. The van der Waals surface area contributed by atoms with Gasteiger partial charge in [-0.1, -0.05) is 0 Å². The molecule has 0 saturated carbocycles. The third-order valence-corrected chi connectivity index (χ3v) is 3.21. The van der Waals surface area contributed by atoms with E-state index in [1.807, 2.05) is 0 Å². The molecule has 7 heteroatoms. The van der Waals surface area contributed by atoms with Gasteiger partial charge in [-0.25, -0.2) is 0 Å². The van der Waals surface area contributed by atoms with Gasteiger partial charge in [-0.3, -0.25) is 4.79 Å². The molecule has 0 heterocycles. The highest BCUT2D eigenvalue weighted by atomic mass is 19.4. The summed E-state index contributed by atoms with van der Waals surface area (Å²) in [5.74, 6) is 0.0621. The van der Waals surface area contributed by atoms with Crippen molar-refractivity contribution in [2.24, 2.45) is 0 Å². The topological polar surface area (TPSA) is 59.3 Å². The summed E-state index contributed by atoms with van der Waals surface area (Å²) in [5.41, 5.74) is -1.43. The van der Waals surface area contributed by atoms with E-state index < -0.39 is 17.3 Å². The monoisotopic (exact) mass is 335 g/mol. The van der Waals surface area contributed by atoms with E-state index in [9.17, 15) is 18.0 Å². The maximum atomic E-state index is 13.0. The molecule has 0 atom stereocenters. The number of Topliss-reactive ketones (excluding diaryl/α,β-unsaturated/α-hetero) is 1. The number of methoxy groups -OCH3 is 1. The van der Waals surface area contributed by atoms with Crippen LogP contribution in [0, 0.1) is 11.3 Å². The molecule has 0 amide bonds. The fourth-order valence-electron chi connectivity index (χ4n) is 2.05. The van der Waals surface area contributed by atoms with E-state index >= 15 is 0 Å². The number of nitriles is 1. The Morgan fingerprint density at radius 2 is 1.79 bits per heavy atom. The van der Waals surface area contributed by atoms with E-state index in [4.69, 9.17) is 14.7 Å². The van der Waals surface area contributed by atoms with Crippen LogP contribution in [0.25, 0.3) is 0 Å². The summed E-state index contributed by atoms with van der Waals surface area (Å²) in [7, 11) is 1.43. The number of rotatable bonds is 4. The van der Waals surface area contributed by atoms with Crippen LogP contribution >= 0.6 is 0 Å². The van der Waals surface area contributed by atoms with E-state index in [2.05, 4.69) is 0 Å². The minimum atomic E-state index is -4.69. The molecule has 2 aromatic rings. The van der Waals surface area contributed by atoms with E-state index in [0.29, 0.717) is 5.75 Å². The number of halogens is 3. The van der Waals surface area contributed by atoms with Crippen LogP contribution in [-0.2, 0) is 6.18 Å². The lowest BCUT2D eigenvalue weighted by atomic mass is 10.1. The fraction of sp³-hybridized carbons (Fsp3) is 0.176. The lowest BCUT2D eigenvalue weighted by Crippen LogP contribution is -2.08. The lowest BCUT2D eigenvalue weighted by Gasteiger charge is -2.13. The van der Waals surface area contributed by atoms with Crippen molar-refractivity contribution < 1.29 is 27.4 Å².